The summed E-state index contributed by atoms with van der Waals surface area (Å²) in [7, 11) is 0. The molecule has 5 rings (SSSR count). The maximum atomic E-state index is 12.2. The highest BCUT2D eigenvalue weighted by Crippen LogP contribution is 2.28. The second-order valence-electron chi connectivity index (χ2n) is 6.64. The molecule has 1 amide bonds. The Morgan fingerprint density at radius 1 is 1.35 bits per heavy atom. The number of carbonyl (C=O) groups excluding carboxylic acids is 1. The number of carbonyl (C=O) groups is 1. The van der Waals surface area contributed by atoms with Gasteiger partial charge < -0.3 is 10.3 Å². The molecule has 0 bridgehead atoms. The van der Waals surface area contributed by atoms with Crippen molar-refractivity contribution in [2.45, 2.75) is 12.8 Å². The summed E-state index contributed by atoms with van der Waals surface area (Å²) in [5.74, 6) is 1.09. The van der Waals surface area contributed by atoms with Crippen LogP contribution in [-0.4, -0.2) is 28.4 Å². The molecule has 1 aliphatic heterocycles. The molecule has 0 aromatic carbocycles. The van der Waals surface area contributed by atoms with Crippen LogP contribution in [0.1, 0.15) is 18.4 Å². The van der Waals surface area contributed by atoms with Gasteiger partial charge in [-0.05, 0) is 53.3 Å². The Hall–Kier alpha value is -2.93. The maximum absolute atomic E-state index is 12.2. The number of hydrogen-bond acceptors (Lipinski definition) is 5. The number of aliphatic imine (C=N–C) groups is 1. The van der Waals surface area contributed by atoms with Crippen LogP contribution in [0.15, 0.2) is 46.0 Å². The number of fused-ring (bicyclic) bond motifs is 1. The first-order chi connectivity index (χ1) is 12.8. The van der Waals surface area contributed by atoms with Crippen molar-refractivity contribution in [3.8, 4) is 11.1 Å². The van der Waals surface area contributed by atoms with Crippen LogP contribution in [0.2, 0.25) is 0 Å². The van der Waals surface area contributed by atoms with Gasteiger partial charge in [-0.15, -0.1) is 0 Å². The fourth-order valence-corrected chi connectivity index (χ4v) is 3.66. The monoisotopic (exact) mass is 363 g/mol. The van der Waals surface area contributed by atoms with Crippen LogP contribution in [0.5, 0.6) is 0 Å². The molecule has 4 heterocycles. The summed E-state index contributed by atoms with van der Waals surface area (Å²) in [6, 6.07) is 4.17. The van der Waals surface area contributed by atoms with Gasteiger partial charge >= 0.3 is 0 Å². The van der Waals surface area contributed by atoms with Crippen molar-refractivity contribution in [3.63, 3.8) is 0 Å². The number of aromatic nitrogens is 2. The third-order valence-electron chi connectivity index (χ3n) is 4.66. The van der Waals surface area contributed by atoms with E-state index in [1.165, 1.54) is 12.8 Å². The van der Waals surface area contributed by atoms with Crippen molar-refractivity contribution in [2.75, 3.05) is 6.54 Å². The summed E-state index contributed by atoms with van der Waals surface area (Å²) in [5.41, 5.74) is 4.31. The topological polar surface area (TPSA) is 82.2 Å². The standard InChI is InChI=1S/C19H17N5OS/c25-18-16(23-19(24-18)22-7-11-1-2-11)6-14-9-21-17-15(14)5-13(8-20-17)12-3-4-26-10-12/h3-6,8-11H,1-2,7H2,(H,20,21)(H2,22,23,24,25)/b16-6-. The van der Waals surface area contributed by atoms with Gasteiger partial charge in [0.1, 0.15) is 11.3 Å². The normalized spacial score (nSPS) is 18.4. The number of aromatic amines is 1. The van der Waals surface area contributed by atoms with Gasteiger partial charge in [0.25, 0.3) is 5.91 Å². The van der Waals surface area contributed by atoms with E-state index in [4.69, 9.17) is 0 Å². The van der Waals surface area contributed by atoms with Crippen molar-refractivity contribution < 1.29 is 4.79 Å². The lowest BCUT2D eigenvalue weighted by Crippen LogP contribution is -2.37. The first-order valence-corrected chi connectivity index (χ1v) is 9.56. The Morgan fingerprint density at radius 3 is 3.08 bits per heavy atom. The third-order valence-corrected chi connectivity index (χ3v) is 5.34. The molecule has 0 saturated heterocycles. The summed E-state index contributed by atoms with van der Waals surface area (Å²) in [6.45, 7) is 0.868. The molecule has 1 saturated carbocycles. The first kappa shape index (κ1) is 15.3. The minimum atomic E-state index is -0.181. The highest BCUT2D eigenvalue weighted by Gasteiger charge is 2.24. The number of guanidine groups is 1. The average Bonchev–Trinajstić information content (AvgIpc) is 3.04. The van der Waals surface area contributed by atoms with Crippen LogP contribution < -0.4 is 10.6 Å². The third kappa shape index (κ3) is 2.90. The van der Waals surface area contributed by atoms with Crippen LogP contribution in [-0.2, 0) is 4.79 Å². The number of rotatable bonds is 4. The van der Waals surface area contributed by atoms with Gasteiger partial charge in [0.15, 0.2) is 0 Å². The number of nitrogens with one attached hydrogen (secondary N) is 3. The second-order valence-corrected chi connectivity index (χ2v) is 7.42. The predicted molar refractivity (Wildman–Crippen MR) is 104 cm³/mol. The van der Waals surface area contributed by atoms with E-state index < -0.39 is 0 Å². The fourth-order valence-electron chi connectivity index (χ4n) is 2.99. The van der Waals surface area contributed by atoms with Crippen molar-refractivity contribution in [3.05, 3.63) is 46.5 Å². The Kier molecular flexibility index (Phi) is 3.60. The Bertz CT molecular complexity index is 1040. The molecule has 6 nitrogen and oxygen atoms in total. The van der Waals surface area contributed by atoms with Gasteiger partial charge in [0.2, 0.25) is 5.96 Å². The number of hydrogen-bond donors (Lipinski definition) is 3. The number of thiophene rings is 1. The van der Waals surface area contributed by atoms with Crippen LogP contribution >= 0.6 is 11.3 Å². The molecule has 26 heavy (non-hydrogen) atoms. The highest BCUT2D eigenvalue weighted by atomic mass is 32.1. The zero-order valence-electron chi connectivity index (χ0n) is 14.0. The number of pyridine rings is 1. The van der Waals surface area contributed by atoms with Gasteiger partial charge in [-0.3, -0.25) is 10.1 Å². The van der Waals surface area contributed by atoms with Crippen molar-refractivity contribution in [2.24, 2.45) is 10.9 Å². The largest absolute Gasteiger partial charge is 0.355 e. The molecule has 130 valence electrons. The van der Waals surface area contributed by atoms with Crippen LogP contribution in [0, 0.1) is 5.92 Å². The van der Waals surface area contributed by atoms with Crippen molar-refractivity contribution in [1.29, 1.82) is 0 Å². The van der Waals surface area contributed by atoms with Crippen LogP contribution in [0.4, 0.5) is 0 Å². The summed E-state index contributed by atoms with van der Waals surface area (Å²) < 4.78 is 0. The molecule has 3 aromatic heterocycles. The van der Waals surface area contributed by atoms with Gasteiger partial charge in [-0.2, -0.15) is 11.3 Å². The smallest absolute Gasteiger partial charge is 0.276 e. The molecule has 0 atom stereocenters. The summed E-state index contributed by atoms with van der Waals surface area (Å²) >= 11 is 1.66. The summed E-state index contributed by atoms with van der Waals surface area (Å²) in [6.07, 6.45) is 8.04. The molecule has 0 radical (unpaired) electrons. The first-order valence-electron chi connectivity index (χ1n) is 8.61. The molecule has 1 aliphatic carbocycles. The molecular formula is C19H17N5OS. The zero-order chi connectivity index (χ0) is 17.5. The van der Waals surface area contributed by atoms with E-state index >= 15 is 0 Å². The lowest BCUT2D eigenvalue weighted by Gasteiger charge is -2.02. The quantitative estimate of drug-likeness (QED) is 0.623. The Morgan fingerprint density at radius 2 is 2.27 bits per heavy atom. The Balaban J connectivity index is 1.47. The molecule has 1 fully saturated rings. The lowest BCUT2D eigenvalue weighted by molar-refractivity contribution is -0.115. The highest BCUT2D eigenvalue weighted by molar-refractivity contribution is 7.08. The molecule has 7 heteroatoms. The lowest BCUT2D eigenvalue weighted by atomic mass is 10.1. The SMILES string of the molecule is O=C1NC(NCC2CC2)=N/C1=C\c1c[nH]c2ncc(-c3ccsc3)cc12. The number of nitrogens with zero attached hydrogens (tertiary/aromatic N) is 2. The van der Waals surface area contributed by atoms with Crippen LogP contribution in [0.3, 0.4) is 0 Å². The maximum Gasteiger partial charge on any atom is 0.276 e. The molecule has 0 spiro atoms. The molecule has 3 N–H and O–H groups in total. The minimum absolute atomic E-state index is 0.181. The van der Waals surface area contributed by atoms with E-state index in [2.05, 4.69) is 43.1 Å². The van der Waals surface area contributed by atoms with Crippen LogP contribution in [0.25, 0.3) is 28.2 Å². The molecule has 0 unspecified atom stereocenters. The van der Waals surface area contributed by atoms with E-state index in [0.29, 0.717) is 11.7 Å². The van der Waals surface area contributed by atoms with E-state index in [-0.39, 0.29) is 5.91 Å². The van der Waals surface area contributed by atoms with Crippen molar-refractivity contribution >= 4 is 40.3 Å². The number of H-pyrrole nitrogens is 1. The van der Waals surface area contributed by atoms with Gasteiger partial charge in [-0.1, -0.05) is 0 Å². The summed E-state index contributed by atoms with van der Waals surface area (Å²) in [5, 5.41) is 11.1. The average molecular weight is 363 g/mol. The van der Waals surface area contributed by atoms with E-state index in [9.17, 15) is 4.79 Å². The van der Waals surface area contributed by atoms with Gasteiger partial charge in [0.05, 0.1) is 0 Å². The minimum Gasteiger partial charge on any atom is -0.355 e. The van der Waals surface area contributed by atoms with E-state index in [1.54, 1.807) is 17.4 Å². The number of amides is 1. The molecule has 2 aliphatic rings. The fraction of sp³-hybridized carbons (Fsp3) is 0.211. The van der Waals surface area contributed by atoms with E-state index in [0.717, 1.165) is 40.2 Å². The van der Waals surface area contributed by atoms with Gasteiger partial charge in [0, 0.05) is 35.5 Å². The summed E-state index contributed by atoms with van der Waals surface area (Å²) in [4.78, 5) is 24.3. The molecular weight excluding hydrogens is 346 g/mol. The van der Waals surface area contributed by atoms with E-state index in [1.807, 2.05) is 17.8 Å². The molecule has 3 aromatic rings. The predicted octanol–water partition coefficient (Wildman–Crippen LogP) is 3.12. The second kappa shape index (κ2) is 6.10. The zero-order valence-corrected chi connectivity index (χ0v) is 14.8. The van der Waals surface area contributed by atoms with Crippen molar-refractivity contribution in [1.82, 2.24) is 20.6 Å². The Labute approximate surface area is 154 Å². The van der Waals surface area contributed by atoms with Gasteiger partial charge in [-0.25, -0.2) is 9.98 Å².